The van der Waals surface area contributed by atoms with E-state index < -0.39 is 17.9 Å². The van der Waals surface area contributed by atoms with Gasteiger partial charge in [0.15, 0.2) is 17.1 Å². The number of esters is 1. The molecule has 0 spiro atoms. The molecule has 1 atom stereocenters. The zero-order valence-electron chi connectivity index (χ0n) is 21.0. The van der Waals surface area contributed by atoms with E-state index in [9.17, 15) is 14.0 Å². The first-order chi connectivity index (χ1) is 17.6. The number of fused-ring (bicyclic) bond motifs is 1. The van der Waals surface area contributed by atoms with Gasteiger partial charge in [-0.1, -0.05) is 23.4 Å². The van der Waals surface area contributed by atoms with E-state index in [2.05, 4.69) is 15.5 Å². The number of rotatable bonds is 9. The molecule has 8 nitrogen and oxygen atoms in total. The fourth-order valence-electron chi connectivity index (χ4n) is 4.06. The second kappa shape index (κ2) is 11.8. The maximum atomic E-state index is 13.3. The van der Waals surface area contributed by atoms with Crippen LogP contribution in [0.15, 0.2) is 23.4 Å². The maximum Gasteiger partial charge on any atom is 0.341 e. The maximum absolute atomic E-state index is 13.3. The summed E-state index contributed by atoms with van der Waals surface area (Å²) in [5.41, 5.74) is 1.48. The van der Waals surface area contributed by atoms with Crippen LogP contribution in [-0.4, -0.2) is 38.5 Å². The van der Waals surface area contributed by atoms with Crippen LogP contribution in [0.4, 0.5) is 9.39 Å². The first-order valence-electron chi connectivity index (χ1n) is 11.9. The summed E-state index contributed by atoms with van der Waals surface area (Å²) in [5, 5.41) is 12.5. The summed E-state index contributed by atoms with van der Waals surface area (Å²) in [6.07, 6.45) is 3.03. The lowest BCUT2D eigenvalue weighted by molar-refractivity contribution is -0.113. The summed E-state index contributed by atoms with van der Waals surface area (Å²) in [5.74, 6) is -0.177. The van der Waals surface area contributed by atoms with Crippen LogP contribution in [-0.2, 0) is 29.4 Å². The number of aryl methyl sites for hydroxylation is 1. The van der Waals surface area contributed by atoms with Crippen LogP contribution in [0.3, 0.4) is 0 Å². The third kappa shape index (κ3) is 6.45. The molecular formula is C25H28ClFN4O4S2. The number of aromatic nitrogens is 3. The van der Waals surface area contributed by atoms with Gasteiger partial charge in [-0.3, -0.25) is 4.79 Å². The van der Waals surface area contributed by atoms with Crippen LogP contribution in [0.1, 0.15) is 66.3 Å². The number of halogens is 2. The molecule has 1 aliphatic rings. The zero-order chi connectivity index (χ0) is 26.7. The molecule has 2 aromatic heterocycles. The molecule has 0 aliphatic heterocycles. The normalized spacial score (nSPS) is 13.8. The Hall–Kier alpha value is -2.63. The number of nitrogens with zero attached hydrogens (tertiary/aromatic N) is 3. The lowest BCUT2D eigenvalue weighted by atomic mass is 9.95. The number of thioether (sulfide) groups is 1. The predicted octanol–water partition coefficient (Wildman–Crippen LogP) is 5.98. The van der Waals surface area contributed by atoms with Crippen molar-refractivity contribution in [3.8, 4) is 5.75 Å². The smallest absolute Gasteiger partial charge is 0.341 e. The van der Waals surface area contributed by atoms with Gasteiger partial charge in [0.2, 0.25) is 5.91 Å². The van der Waals surface area contributed by atoms with E-state index in [4.69, 9.17) is 21.1 Å². The monoisotopic (exact) mass is 566 g/mol. The van der Waals surface area contributed by atoms with Crippen LogP contribution in [0.5, 0.6) is 5.75 Å². The van der Waals surface area contributed by atoms with Gasteiger partial charge in [0.05, 0.1) is 22.4 Å². The number of amides is 1. The van der Waals surface area contributed by atoms with Crippen molar-refractivity contribution in [1.29, 1.82) is 0 Å². The number of thiophene rings is 1. The molecule has 12 heteroatoms. The second-order valence-electron chi connectivity index (χ2n) is 8.94. The molecule has 0 bridgehead atoms. The molecule has 3 aromatic rings. The minimum absolute atomic E-state index is 0.0756. The number of benzene rings is 1. The number of anilines is 1. The van der Waals surface area contributed by atoms with Gasteiger partial charge in [0, 0.05) is 11.9 Å². The van der Waals surface area contributed by atoms with E-state index in [1.54, 1.807) is 32.4 Å². The third-order valence-corrected chi connectivity index (χ3v) is 8.26. The van der Waals surface area contributed by atoms with Crippen molar-refractivity contribution in [2.75, 3.05) is 11.1 Å². The Bertz CT molecular complexity index is 1310. The van der Waals surface area contributed by atoms with Crippen LogP contribution < -0.4 is 10.1 Å². The first-order valence-corrected chi connectivity index (χ1v) is 14.1. The largest absolute Gasteiger partial charge is 0.481 e. The van der Waals surface area contributed by atoms with Gasteiger partial charge in [0.25, 0.3) is 0 Å². The highest BCUT2D eigenvalue weighted by Gasteiger charge is 2.28. The summed E-state index contributed by atoms with van der Waals surface area (Å²) in [6.45, 7) is 5.39. The Morgan fingerprint density at radius 2 is 2.00 bits per heavy atom. The van der Waals surface area contributed by atoms with E-state index in [0.717, 1.165) is 36.1 Å². The number of carbonyl (C=O) groups is 2. The number of hydrogen-bond acceptors (Lipinski definition) is 8. The number of carbonyl (C=O) groups excluding carboxylic acids is 2. The summed E-state index contributed by atoms with van der Waals surface area (Å²) in [4.78, 5) is 26.8. The Kier molecular flexibility index (Phi) is 8.76. The van der Waals surface area contributed by atoms with Gasteiger partial charge in [-0.05, 0) is 70.2 Å². The SMILES string of the molecule is CC(C)OC(=O)c1c(NC(=O)CSc2nnc(C(C)Oc3ccc(F)cc3Cl)n2C)sc2c1CCCC2. The quantitative estimate of drug-likeness (QED) is 0.251. The fraction of sp³-hybridized carbons (Fsp3) is 0.440. The minimum Gasteiger partial charge on any atom is -0.481 e. The Morgan fingerprint density at radius 1 is 1.24 bits per heavy atom. The molecule has 0 fully saturated rings. The summed E-state index contributed by atoms with van der Waals surface area (Å²) < 4.78 is 26.3. The molecule has 0 radical (unpaired) electrons. The van der Waals surface area contributed by atoms with E-state index in [1.807, 2.05) is 0 Å². The number of ether oxygens (including phenoxy) is 2. The van der Waals surface area contributed by atoms with Crippen LogP contribution in [0.2, 0.25) is 5.02 Å². The highest BCUT2D eigenvalue weighted by atomic mass is 35.5. The van der Waals surface area contributed by atoms with E-state index in [1.165, 1.54) is 41.3 Å². The average Bonchev–Trinajstić information content (AvgIpc) is 3.38. The standard InChI is InChI=1S/C25H28ClFN4O4S2/c1-13(2)34-24(33)21-16-7-5-6-8-19(16)37-23(21)28-20(32)12-36-25-30-29-22(31(25)4)14(3)35-18-10-9-15(27)11-17(18)26/h9-11,13-14H,5-8,12H2,1-4H3,(H,28,32). The Morgan fingerprint density at radius 3 is 2.73 bits per heavy atom. The molecule has 2 heterocycles. The van der Waals surface area contributed by atoms with Crippen molar-refractivity contribution >= 4 is 51.6 Å². The highest BCUT2D eigenvalue weighted by Crippen LogP contribution is 2.39. The number of hydrogen-bond donors (Lipinski definition) is 1. The molecule has 198 valence electrons. The molecule has 1 N–H and O–H groups in total. The minimum atomic E-state index is -0.518. The zero-order valence-corrected chi connectivity index (χ0v) is 23.4. The van der Waals surface area contributed by atoms with Crippen LogP contribution in [0, 0.1) is 5.82 Å². The molecule has 0 saturated carbocycles. The molecule has 0 saturated heterocycles. The van der Waals surface area contributed by atoms with E-state index in [0.29, 0.717) is 27.3 Å². The van der Waals surface area contributed by atoms with Crippen molar-refractivity contribution in [1.82, 2.24) is 14.8 Å². The molecule has 1 unspecified atom stereocenters. The lowest BCUT2D eigenvalue weighted by Crippen LogP contribution is -2.19. The van der Waals surface area contributed by atoms with E-state index in [-0.39, 0.29) is 22.8 Å². The van der Waals surface area contributed by atoms with Gasteiger partial charge < -0.3 is 19.4 Å². The van der Waals surface area contributed by atoms with Crippen molar-refractivity contribution < 1.29 is 23.5 Å². The third-order valence-electron chi connectivity index (χ3n) is 5.73. The Labute approximate surface area is 227 Å². The fourth-order valence-corrected chi connectivity index (χ4v) is 6.28. The van der Waals surface area contributed by atoms with Crippen molar-refractivity contribution in [2.24, 2.45) is 7.05 Å². The first kappa shape index (κ1) is 27.4. The molecule has 1 aliphatic carbocycles. The predicted molar refractivity (Wildman–Crippen MR) is 142 cm³/mol. The van der Waals surface area contributed by atoms with E-state index >= 15 is 0 Å². The van der Waals surface area contributed by atoms with Gasteiger partial charge in [-0.25, -0.2) is 9.18 Å². The summed E-state index contributed by atoms with van der Waals surface area (Å²) in [7, 11) is 1.77. The molecule has 4 rings (SSSR count). The lowest BCUT2D eigenvalue weighted by Gasteiger charge is -2.15. The van der Waals surface area contributed by atoms with Gasteiger partial charge >= 0.3 is 5.97 Å². The van der Waals surface area contributed by atoms with Gasteiger partial charge in [-0.2, -0.15) is 0 Å². The van der Waals surface area contributed by atoms with Crippen molar-refractivity contribution in [2.45, 2.75) is 63.8 Å². The topological polar surface area (TPSA) is 95.3 Å². The van der Waals surface area contributed by atoms with Crippen LogP contribution >= 0.6 is 34.7 Å². The highest BCUT2D eigenvalue weighted by molar-refractivity contribution is 7.99. The van der Waals surface area contributed by atoms with Gasteiger partial charge in [0.1, 0.15) is 16.6 Å². The summed E-state index contributed by atoms with van der Waals surface area (Å²) >= 11 is 8.73. The van der Waals surface area contributed by atoms with Crippen LogP contribution in [0.25, 0.3) is 0 Å². The van der Waals surface area contributed by atoms with Crippen molar-refractivity contribution in [3.63, 3.8) is 0 Å². The molecular weight excluding hydrogens is 539 g/mol. The number of nitrogens with one attached hydrogen (secondary N) is 1. The van der Waals surface area contributed by atoms with Crippen molar-refractivity contribution in [3.05, 3.63) is 50.9 Å². The summed E-state index contributed by atoms with van der Waals surface area (Å²) in [6, 6.07) is 3.90. The molecule has 1 amide bonds. The van der Waals surface area contributed by atoms with Gasteiger partial charge in [-0.15, -0.1) is 21.5 Å². The second-order valence-corrected chi connectivity index (χ2v) is 11.4. The molecule has 1 aromatic carbocycles. The molecule has 37 heavy (non-hydrogen) atoms. The Balaban J connectivity index is 1.41. The average molecular weight is 567 g/mol.